The number of carboxylic acid groups (broad SMARTS) is 1. The van der Waals surface area contributed by atoms with Crippen molar-refractivity contribution in [1.82, 2.24) is 14.9 Å². The molecule has 6 heteroatoms. The highest BCUT2D eigenvalue weighted by atomic mass is 35.5. The van der Waals surface area contributed by atoms with Crippen LogP contribution in [0, 0.1) is 5.92 Å². The molecule has 15 heavy (non-hydrogen) atoms. The second-order valence-electron chi connectivity index (χ2n) is 3.55. The molecule has 0 saturated carbocycles. The minimum atomic E-state index is -0.730. The van der Waals surface area contributed by atoms with Crippen LogP contribution in [0.5, 0.6) is 0 Å². The van der Waals surface area contributed by atoms with Crippen molar-refractivity contribution in [2.24, 2.45) is 5.92 Å². The lowest BCUT2D eigenvalue weighted by molar-refractivity contribution is -0.147. The second kappa shape index (κ2) is 4.12. The van der Waals surface area contributed by atoms with Gasteiger partial charge in [-0.05, 0) is 17.7 Å². The molecule has 1 aliphatic heterocycles. The zero-order valence-electron chi connectivity index (χ0n) is 7.93. The molecule has 0 unspecified atom stereocenters. The smallest absolute Gasteiger partial charge is 0.309 e. The van der Waals surface area contributed by atoms with Crippen LogP contribution in [0.2, 0.25) is 5.28 Å². The van der Waals surface area contributed by atoms with Crippen molar-refractivity contribution >= 4 is 17.6 Å². The number of aromatic nitrogens is 2. The lowest BCUT2D eigenvalue weighted by Gasteiger charge is -2.36. The van der Waals surface area contributed by atoms with Crippen molar-refractivity contribution < 1.29 is 9.90 Å². The van der Waals surface area contributed by atoms with E-state index in [4.69, 9.17) is 16.7 Å². The summed E-state index contributed by atoms with van der Waals surface area (Å²) in [6, 6.07) is 1.78. The molecule has 0 aliphatic carbocycles. The first kappa shape index (κ1) is 10.3. The fourth-order valence-corrected chi connectivity index (χ4v) is 1.71. The molecule has 0 aromatic carbocycles. The van der Waals surface area contributed by atoms with Gasteiger partial charge in [0.05, 0.1) is 11.6 Å². The third-order valence-electron chi connectivity index (χ3n) is 2.38. The summed E-state index contributed by atoms with van der Waals surface area (Å²) in [5.74, 6) is -0.964. The minimum Gasteiger partial charge on any atom is -0.481 e. The second-order valence-corrected chi connectivity index (χ2v) is 3.88. The maximum absolute atomic E-state index is 10.6. The summed E-state index contributed by atoms with van der Waals surface area (Å²) in [6.07, 6.45) is 1.60. The molecule has 0 spiro atoms. The van der Waals surface area contributed by atoms with Gasteiger partial charge in [-0.2, -0.15) is 0 Å². The summed E-state index contributed by atoms with van der Waals surface area (Å²) in [4.78, 5) is 20.4. The Balaban J connectivity index is 1.87. The van der Waals surface area contributed by atoms with Gasteiger partial charge in [-0.1, -0.05) is 0 Å². The Kier molecular flexibility index (Phi) is 2.83. The fraction of sp³-hybridized carbons (Fsp3) is 0.444. The number of aliphatic carboxylic acids is 1. The van der Waals surface area contributed by atoms with Gasteiger partial charge in [-0.15, -0.1) is 0 Å². The van der Waals surface area contributed by atoms with E-state index in [2.05, 4.69) is 9.97 Å². The molecule has 0 amide bonds. The van der Waals surface area contributed by atoms with E-state index in [9.17, 15) is 4.79 Å². The zero-order valence-corrected chi connectivity index (χ0v) is 8.68. The first-order valence-corrected chi connectivity index (χ1v) is 4.95. The van der Waals surface area contributed by atoms with Crippen molar-refractivity contribution in [3.8, 4) is 0 Å². The first-order valence-electron chi connectivity index (χ1n) is 4.58. The quantitative estimate of drug-likeness (QED) is 0.768. The van der Waals surface area contributed by atoms with Crippen LogP contribution < -0.4 is 0 Å². The molecule has 5 nitrogen and oxygen atoms in total. The predicted octanol–water partition coefficient (Wildman–Crippen LogP) is 0.646. The number of halogens is 1. The molecule has 0 atom stereocenters. The van der Waals surface area contributed by atoms with Crippen molar-refractivity contribution in [1.29, 1.82) is 0 Å². The highest BCUT2D eigenvalue weighted by Gasteiger charge is 2.32. The van der Waals surface area contributed by atoms with Crippen LogP contribution in [0.25, 0.3) is 0 Å². The van der Waals surface area contributed by atoms with Gasteiger partial charge in [-0.25, -0.2) is 9.97 Å². The molecule has 2 rings (SSSR count). The zero-order chi connectivity index (χ0) is 10.8. The number of hydrogen-bond donors (Lipinski definition) is 1. The van der Waals surface area contributed by atoms with E-state index >= 15 is 0 Å². The molecule has 1 fully saturated rings. The SMILES string of the molecule is O=C(O)C1CN(Cc2ccnc(Cl)n2)C1. The van der Waals surface area contributed by atoms with Crippen molar-refractivity contribution in [2.45, 2.75) is 6.54 Å². The largest absolute Gasteiger partial charge is 0.481 e. The average molecular weight is 228 g/mol. The van der Waals surface area contributed by atoms with Gasteiger partial charge < -0.3 is 5.11 Å². The molecular weight excluding hydrogens is 218 g/mol. The summed E-state index contributed by atoms with van der Waals surface area (Å²) in [5, 5.41) is 8.91. The fourth-order valence-electron chi connectivity index (χ4n) is 1.54. The Morgan fingerprint density at radius 1 is 1.67 bits per heavy atom. The maximum Gasteiger partial charge on any atom is 0.309 e. The van der Waals surface area contributed by atoms with E-state index < -0.39 is 5.97 Å². The Hall–Kier alpha value is -1.20. The van der Waals surface area contributed by atoms with Crippen LogP contribution in [0.3, 0.4) is 0 Å². The Morgan fingerprint density at radius 2 is 2.40 bits per heavy atom. The molecule has 0 radical (unpaired) electrons. The highest BCUT2D eigenvalue weighted by molar-refractivity contribution is 6.28. The van der Waals surface area contributed by atoms with E-state index in [-0.39, 0.29) is 11.2 Å². The standard InChI is InChI=1S/C9H10ClN3O2/c10-9-11-2-1-7(12-9)5-13-3-6(4-13)8(14)15/h1-2,6H,3-5H2,(H,14,15). The topological polar surface area (TPSA) is 66.3 Å². The van der Waals surface area contributed by atoms with E-state index in [0.717, 1.165) is 5.69 Å². The van der Waals surface area contributed by atoms with Crippen LogP contribution in [0.4, 0.5) is 0 Å². The number of nitrogens with zero attached hydrogens (tertiary/aromatic N) is 3. The van der Waals surface area contributed by atoms with Gasteiger partial charge in [0.1, 0.15) is 0 Å². The van der Waals surface area contributed by atoms with Crippen LogP contribution in [0.15, 0.2) is 12.3 Å². The normalized spacial score (nSPS) is 17.4. The molecule has 1 N–H and O–H groups in total. The third-order valence-corrected chi connectivity index (χ3v) is 2.56. The van der Waals surface area contributed by atoms with Gasteiger partial charge in [-0.3, -0.25) is 9.69 Å². The number of carboxylic acids is 1. The predicted molar refractivity (Wildman–Crippen MR) is 53.4 cm³/mol. The van der Waals surface area contributed by atoms with Crippen LogP contribution in [-0.2, 0) is 11.3 Å². The monoisotopic (exact) mass is 227 g/mol. The molecule has 1 aliphatic rings. The molecular formula is C9H10ClN3O2. The lowest BCUT2D eigenvalue weighted by atomic mass is 10.0. The maximum atomic E-state index is 10.6. The van der Waals surface area contributed by atoms with E-state index in [1.54, 1.807) is 12.3 Å². The van der Waals surface area contributed by atoms with E-state index in [1.165, 1.54) is 0 Å². The summed E-state index contributed by atoms with van der Waals surface area (Å²) in [6.45, 7) is 1.79. The number of likely N-dealkylation sites (tertiary alicyclic amines) is 1. The van der Waals surface area contributed by atoms with Gasteiger partial charge in [0.2, 0.25) is 5.28 Å². The Bertz CT molecular complexity index is 379. The molecule has 1 aromatic heterocycles. The number of rotatable bonds is 3. The van der Waals surface area contributed by atoms with Crippen LogP contribution in [0.1, 0.15) is 5.69 Å². The Morgan fingerprint density at radius 3 is 3.00 bits per heavy atom. The minimum absolute atomic E-state index is 0.225. The molecule has 2 heterocycles. The van der Waals surface area contributed by atoms with Crippen molar-refractivity contribution in [3.63, 3.8) is 0 Å². The van der Waals surface area contributed by atoms with E-state index in [0.29, 0.717) is 19.6 Å². The van der Waals surface area contributed by atoms with Gasteiger partial charge >= 0.3 is 5.97 Å². The van der Waals surface area contributed by atoms with Gasteiger partial charge in [0.15, 0.2) is 0 Å². The molecule has 80 valence electrons. The molecule has 1 aromatic rings. The molecule has 1 saturated heterocycles. The summed E-state index contributed by atoms with van der Waals surface area (Å²) >= 11 is 5.63. The lowest BCUT2D eigenvalue weighted by Crippen LogP contribution is -2.49. The van der Waals surface area contributed by atoms with Gasteiger partial charge in [0.25, 0.3) is 0 Å². The number of hydrogen-bond acceptors (Lipinski definition) is 4. The van der Waals surface area contributed by atoms with Crippen LogP contribution in [-0.4, -0.2) is 39.0 Å². The number of carbonyl (C=O) groups is 1. The van der Waals surface area contributed by atoms with E-state index in [1.807, 2.05) is 4.90 Å². The van der Waals surface area contributed by atoms with Crippen LogP contribution >= 0.6 is 11.6 Å². The molecule has 0 bridgehead atoms. The van der Waals surface area contributed by atoms with Crippen molar-refractivity contribution in [2.75, 3.05) is 13.1 Å². The first-order chi connectivity index (χ1) is 7.15. The highest BCUT2D eigenvalue weighted by Crippen LogP contribution is 2.18. The Labute approximate surface area is 91.7 Å². The average Bonchev–Trinajstić information content (AvgIpc) is 2.10. The summed E-state index contributed by atoms with van der Waals surface area (Å²) < 4.78 is 0. The summed E-state index contributed by atoms with van der Waals surface area (Å²) in [7, 11) is 0. The van der Waals surface area contributed by atoms with Gasteiger partial charge in [0, 0.05) is 25.8 Å². The third kappa shape index (κ3) is 2.43. The van der Waals surface area contributed by atoms with Crippen molar-refractivity contribution in [3.05, 3.63) is 23.2 Å². The summed E-state index contributed by atoms with van der Waals surface area (Å²) in [5.41, 5.74) is 0.818.